The SMILES string of the molecule is Cc1cccc(C(=N)C2CCNCC2)c1N. The van der Waals surface area contributed by atoms with E-state index in [4.69, 9.17) is 11.1 Å². The molecular weight excluding hydrogens is 198 g/mol. The van der Waals surface area contributed by atoms with Gasteiger partial charge in [0, 0.05) is 22.9 Å². The van der Waals surface area contributed by atoms with Crippen LogP contribution < -0.4 is 11.1 Å². The summed E-state index contributed by atoms with van der Waals surface area (Å²) < 4.78 is 0. The van der Waals surface area contributed by atoms with E-state index in [2.05, 4.69) is 5.32 Å². The number of nitrogen functional groups attached to an aromatic ring is 1. The largest absolute Gasteiger partial charge is 0.398 e. The zero-order valence-corrected chi connectivity index (χ0v) is 9.72. The van der Waals surface area contributed by atoms with Crippen molar-refractivity contribution in [2.24, 2.45) is 5.92 Å². The molecule has 0 bridgehead atoms. The smallest absolute Gasteiger partial charge is 0.0438 e. The van der Waals surface area contributed by atoms with Crippen molar-refractivity contribution >= 4 is 11.4 Å². The molecule has 3 nitrogen and oxygen atoms in total. The Hall–Kier alpha value is -1.35. The van der Waals surface area contributed by atoms with Crippen LogP contribution in [-0.2, 0) is 0 Å². The van der Waals surface area contributed by atoms with Crippen molar-refractivity contribution in [1.82, 2.24) is 5.32 Å². The van der Waals surface area contributed by atoms with Crippen LogP contribution >= 0.6 is 0 Å². The molecule has 1 saturated heterocycles. The summed E-state index contributed by atoms with van der Waals surface area (Å²) >= 11 is 0. The molecule has 1 aromatic rings. The molecule has 1 heterocycles. The fraction of sp³-hybridized carbons (Fsp3) is 0.462. The van der Waals surface area contributed by atoms with Gasteiger partial charge in [0.15, 0.2) is 0 Å². The Kier molecular flexibility index (Phi) is 3.25. The number of nitrogens with two attached hydrogens (primary N) is 1. The molecule has 0 spiro atoms. The molecule has 0 aromatic heterocycles. The summed E-state index contributed by atoms with van der Waals surface area (Å²) in [5.74, 6) is 0.366. The second-order valence-electron chi connectivity index (χ2n) is 4.47. The minimum absolute atomic E-state index is 0.366. The maximum Gasteiger partial charge on any atom is 0.0438 e. The van der Waals surface area contributed by atoms with E-state index in [0.717, 1.165) is 42.7 Å². The summed E-state index contributed by atoms with van der Waals surface area (Å²) in [6.07, 6.45) is 2.10. The molecule has 16 heavy (non-hydrogen) atoms. The van der Waals surface area contributed by atoms with Crippen LogP contribution in [0.4, 0.5) is 5.69 Å². The molecular formula is C13H19N3. The highest BCUT2D eigenvalue weighted by Gasteiger charge is 2.20. The zero-order valence-electron chi connectivity index (χ0n) is 9.72. The highest BCUT2D eigenvalue weighted by molar-refractivity contribution is 6.04. The molecule has 2 rings (SSSR count). The lowest BCUT2D eigenvalue weighted by Crippen LogP contribution is -2.32. The summed E-state index contributed by atoms with van der Waals surface area (Å²) in [6, 6.07) is 5.94. The first-order valence-corrected chi connectivity index (χ1v) is 5.84. The van der Waals surface area contributed by atoms with E-state index in [9.17, 15) is 0 Å². The molecule has 0 amide bonds. The standard InChI is InChI=1S/C13H19N3/c1-9-3-2-4-11(12(9)14)13(15)10-5-7-16-8-6-10/h2-4,10,15-16H,5-8,14H2,1H3. The van der Waals surface area contributed by atoms with E-state index >= 15 is 0 Å². The highest BCUT2D eigenvalue weighted by atomic mass is 14.9. The molecule has 4 N–H and O–H groups in total. The molecule has 1 fully saturated rings. The minimum atomic E-state index is 0.366. The van der Waals surface area contributed by atoms with Gasteiger partial charge in [-0.25, -0.2) is 0 Å². The molecule has 86 valence electrons. The average Bonchev–Trinajstić information content (AvgIpc) is 2.33. The van der Waals surface area contributed by atoms with E-state index in [1.165, 1.54) is 0 Å². The molecule has 0 saturated carbocycles. The van der Waals surface area contributed by atoms with Gasteiger partial charge in [0.2, 0.25) is 0 Å². The number of benzene rings is 1. The van der Waals surface area contributed by atoms with Crippen molar-refractivity contribution in [3.05, 3.63) is 29.3 Å². The van der Waals surface area contributed by atoms with Gasteiger partial charge in [-0.2, -0.15) is 0 Å². The predicted molar refractivity (Wildman–Crippen MR) is 68.0 cm³/mol. The van der Waals surface area contributed by atoms with Crippen LogP contribution in [0.1, 0.15) is 24.0 Å². The van der Waals surface area contributed by atoms with E-state index in [1.54, 1.807) is 0 Å². The van der Waals surface area contributed by atoms with Crippen molar-refractivity contribution < 1.29 is 0 Å². The van der Waals surface area contributed by atoms with Gasteiger partial charge in [0.25, 0.3) is 0 Å². The van der Waals surface area contributed by atoms with E-state index in [-0.39, 0.29) is 0 Å². The lowest BCUT2D eigenvalue weighted by atomic mass is 9.87. The molecule has 0 aliphatic carbocycles. The lowest BCUT2D eigenvalue weighted by Gasteiger charge is -2.24. The minimum Gasteiger partial charge on any atom is -0.398 e. The Morgan fingerprint density at radius 1 is 1.38 bits per heavy atom. The van der Waals surface area contributed by atoms with Gasteiger partial charge in [-0.1, -0.05) is 18.2 Å². The van der Waals surface area contributed by atoms with Crippen molar-refractivity contribution in [1.29, 1.82) is 5.41 Å². The Balaban J connectivity index is 2.22. The number of piperidine rings is 1. The fourth-order valence-corrected chi connectivity index (χ4v) is 2.25. The average molecular weight is 217 g/mol. The van der Waals surface area contributed by atoms with E-state index in [0.29, 0.717) is 11.6 Å². The lowest BCUT2D eigenvalue weighted by molar-refractivity contribution is 0.456. The third kappa shape index (κ3) is 2.09. The molecule has 1 aromatic carbocycles. The van der Waals surface area contributed by atoms with E-state index < -0.39 is 0 Å². The third-order valence-corrected chi connectivity index (χ3v) is 3.36. The van der Waals surface area contributed by atoms with Gasteiger partial charge < -0.3 is 16.5 Å². The first-order valence-electron chi connectivity index (χ1n) is 5.84. The Bertz CT molecular complexity index is 392. The summed E-state index contributed by atoms with van der Waals surface area (Å²) in [4.78, 5) is 0. The summed E-state index contributed by atoms with van der Waals surface area (Å²) in [5, 5.41) is 11.6. The number of nitrogens with one attached hydrogen (secondary N) is 2. The van der Waals surface area contributed by atoms with Crippen LogP contribution in [0.25, 0.3) is 0 Å². The second kappa shape index (κ2) is 4.66. The van der Waals surface area contributed by atoms with Gasteiger partial charge in [-0.3, -0.25) is 0 Å². The highest BCUT2D eigenvalue weighted by Crippen LogP contribution is 2.23. The second-order valence-corrected chi connectivity index (χ2v) is 4.47. The maximum absolute atomic E-state index is 8.25. The molecule has 1 aliphatic rings. The molecule has 3 heteroatoms. The summed E-state index contributed by atoms with van der Waals surface area (Å²) in [6.45, 7) is 4.02. The Morgan fingerprint density at radius 2 is 2.06 bits per heavy atom. The topological polar surface area (TPSA) is 61.9 Å². The third-order valence-electron chi connectivity index (χ3n) is 3.36. The van der Waals surface area contributed by atoms with Crippen LogP contribution in [0.5, 0.6) is 0 Å². The quantitative estimate of drug-likeness (QED) is 0.523. The maximum atomic E-state index is 8.25. The number of hydrogen-bond donors (Lipinski definition) is 3. The van der Waals surface area contributed by atoms with Crippen LogP contribution in [0.3, 0.4) is 0 Å². The number of hydrogen-bond acceptors (Lipinski definition) is 3. The zero-order chi connectivity index (χ0) is 11.5. The van der Waals surface area contributed by atoms with Crippen molar-refractivity contribution in [2.75, 3.05) is 18.8 Å². The number of aryl methyl sites for hydroxylation is 1. The van der Waals surface area contributed by atoms with Gasteiger partial charge >= 0.3 is 0 Å². The van der Waals surface area contributed by atoms with Crippen LogP contribution in [0, 0.1) is 18.3 Å². The number of anilines is 1. The molecule has 0 unspecified atom stereocenters. The Labute approximate surface area is 96.6 Å². The van der Waals surface area contributed by atoms with Gasteiger partial charge in [0.05, 0.1) is 0 Å². The van der Waals surface area contributed by atoms with Crippen molar-refractivity contribution in [2.45, 2.75) is 19.8 Å². The normalized spacial score (nSPS) is 17.3. The van der Waals surface area contributed by atoms with Gasteiger partial charge in [0.1, 0.15) is 0 Å². The Morgan fingerprint density at radius 3 is 2.75 bits per heavy atom. The van der Waals surface area contributed by atoms with Gasteiger partial charge in [-0.05, 0) is 38.4 Å². The summed E-state index contributed by atoms with van der Waals surface area (Å²) in [5.41, 5.74) is 9.50. The summed E-state index contributed by atoms with van der Waals surface area (Å²) in [7, 11) is 0. The van der Waals surface area contributed by atoms with Crippen LogP contribution in [0.2, 0.25) is 0 Å². The van der Waals surface area contributed by atoms with Crippen molar-refractivity contribution in [3.63, 3.8) is 0 Å². The van der Waals surface area contributed by atoms with Gasteiger partial charge in [-0.15, -0.1) is 0 Å². The van der Waals surface area contributed by atoms with Crippen LogP contribution in [0.15, 0.2) is 18.2 Å². The predicted octanol–water partition coefficient (Wildman–Crippen LogP) is 1.94. The molecule has 0 radical (unpaired) electrons. The first-order chi connectivity index (χ1) is 7.70. The molecule has 0 atom stereocenters. The van der Waals surface area contributed by atoms with Crippen molar-refractivity contribution in [3.8, 4) is 0 Å². The fourth-order valence-electron chi connectivity index (χ4n) is 2.25. The number of para-hydroxylation sites is 1. The van der Waals surface area contributed by atoms with E-state index in [1.807, 2.05) is 25.1 Å². The first kappa shape index (κ1) is 11.1. The molecule has 1 aliphatic heterocycles. The number of rotatable bonds is 2. The monoisotopic (exact) mass is 217 g/mol. The van der Waals surface area contributed by atoms with Crippen LogP contribution in [-0.4, -0.2) is 18.8 Å².